The van der Waals surface area contributed by atoms with Crippen molar-refractivity contribution in [2.45, 2.75) is 0 Å². The first-order valence-electron chi connectivity index (χ1n) is 6.35. The van der Waals surface area contributed by atoms with Gasteiger partial charge in [0.15, 0.2) is 0 Å². The van der Waals surface area contributed by atoms with E-state index in [0.29, 0.717) is 16.9 Å². The van der Waals surface area contributed by atoms with Crippen molar-refractivity contribution in [2.75, 3.05) is 7.11 Å². The van der Waals surface area contributed by atoms with Gasteiger partial charge in [-0.15, -0.1) is 0 Å². The van der Waals surface area contributed by atoms with Gasteiger partial charge in [-0.1, -0.05) is 18.2 Å². The number of methoxy groups -OCH3 is 1. The van der Waals surface area contributed by atoms with E-state index in [-0.39, 0.29) is 11.3 Å². The molecule has 0 atom stereocenters. The zero-order valence-electron chi connectivity index (χ0n) is 11.7. The molecule has 0 aromatic heterocycles. The van der Waals surface area contributed by atoms with Crippen LogP contribution in [0.3, 0.4) is 0 Å². The number of hydrogen-bond donors (Lipinski definition) is 1. The Labute approximate surface area is 126 Å². The maximum absolute atomic E-state index is 11.5. The largest absolute Gasteiger partial charge is 0.496 e. The van der Waals surface area contributed by atoms with Gasteiger partial charge in [-0.05, 0) is 29.8 Å². The van der Waals surface area contributed by atoms with Gasteiger partial charge in [0, 0.05) is 17.7 Å². The molecule has 2 rings (SSSR count). The van der Waals surface area contributed by atoms with Crippen molar-refractivity contribution in [1.82, 2.24) is 0 Å². The number of para-hydroxylation sites is 1. The summed E-state index contributed by atoms with van der Waals surface area (Å²) < 4.78 is 5.17. The van der Waals surface area contributed by atoms with Crippen molar-refractivity contribution >= 4 is 23.3 Å². The van der Waals surface area contributed by atoms with Crippen LogP contribution in [0.5, 0.6) is 5.75 Å². The lowest BCUT2D eigenvalue weighted by molar-refractivity contribution is -0.384. The number of carbonyl (C=O) groups is 1. The van der Waals surface area contributed by atoms with Crippen molar-refractivity contribution < 1.29 is 19.6 Å². The molecule has 0 bridgehead atoms. The van der Waals surface area contributed by atoms with Crippen LogP contribution in [0, 0.1) is 10.1 Å². The molecule has 0 heterocycles. The van der Waals surface area contributed by atoms with Gasteiger partial charge in [0.05, 0.1) is 17.6 Å². The normalized spacial score (nSPS) is 11.0. The number of nitro benzene ring substituents is 1. The third-order valence-corrected chi connectivity index (χ3v) is 3.04. The molecule has 0 saturated heterocycles. The van der Waals surface area contributed by atoms with Gasteiger partial charge < -0.3 is 9.84 Å². The second kappa shape index (κ2) is 6.53. The summed E-state index contributed by atoms with van der Waals surface area (Å²) in [5, 5.41) is 20.0. The summed E-state index contributed by atoms with van der Waals surface area (Å²) in [4.78, 5) is 21.6. The van der Waals surface area contributed by atoms with Crippen LogP contribution < -0.4 is 4.74 Å². The molecule has 0 aliphatic carbocycles. The van der Waals surface area contributed by atoms with E-state index in [1.807, 2.05) is 0 Å². The monoisotopic (exact) mass is 299 g/mol. The van der Waals surface area contributed by atoms with Gasteiger partial charge in [-0.2, -0.15) is 0 Å². The third kappa shape index (κ3) is 3.29. The van der Waals surface area contributed by atoms with Gasteiger partial charge >= 0.3 is 5.97 Å². The minimum atomic E-state index is -1.11. The quantitative estimate of drug-likeness (QED) is 0.396. The third-order valence-electron chi connectivity index (χ3n) is 3.04. The van der Waals surface area contributed by atoms with Gasteiger partial charge in [0.2, 0.25) is 0 Å². The number of benzene rings is 2. The van der Waals surface area contributed by atoms with Crippen LogP contribution in [0.2, 0.25) is 0 Å². The summed E-state index contributed by atoms with van der Waals surface area (Å²) in [6.45, 7) is 0. The molecule has 112 valence electrons. The van der Waals surface area contributed by atoms with Crippen LogP contribution >= 0.6 is 0 Å². The van der Waals surface area contributed by atoms with E-state index in [0.717, 1.165) is 0 Å². The van der Waals surface area contributed by atoms with Gasteiger partial charge in [0.25, 0.3) is 5.69 Å². The molecule has 22 heavy (non-hydrogen) atoms. The highest BCUT2D eigenvalue weighted by molar-refractivity contribution is 6.21. The lowest BCUT2D eigenvalue weighted by Crippen LogP contribution is -2.01. The minimum Gasteiger partial charge on any atom is -0.496 e. The molecule has 2 aromatic rings. The number of aliphatic carboxylic acids is 1. The highest BCUT2D eigenvalue weighted by atomic mass is 16.6. The molecule has 0 aliphatic rings. The van der Waals surface area contributed by atoms with E-state index >= 15 is 0 Å². The van der Waals surface area contributed by atoms with Crippen molar-refractivity contribution in [2.24, 2.45) is 0 Å². The summed E-state index contributed by atoms with van der Waals surface area (Å²) in [7, 11) is 1.46. The van der Waals surface area contributed by atoms with Gasteiger partial charge in [0.1, 0.15) is 5.75 Å². The standard InChI is InChI=1S/C16H13NO5/c1-22-15-5-3-2-4-13(15)14(16(18)19)10-11-6-8-12(9-7-11)17(20)21/h2-10H,1H3,(H,18,19)/b14-10-. The Kier molecular flexibility index (Phi) is 4.53. The SMILES string of the molecule is COc1ccccc1/C(=C/c1ccc([N+](=O)[O-])cc1)C(=O)O. The number of rotatable bonds is 5. The Morgan fingerprint density at radius 3 is 2.36 bits per heavy atom. The average Bonchev–Trinajstić information content (AvgIpc) is 2.52. The molecule has 6 heteroatoms. The predicted molar refractivity (Wildman–Crippen MR) is 81.6 cm³/mol. The first-order valence-corrected chi connectivity index (χ1v) is 6.35. The zero-order valence-corrected chi connectivity index (χ0v) is 11.7. The number of nitrogens with zero attached hydrogens (tertiary/aromatic N) is 1. The van der Waals surface area contributed by atoms with Crippen LogP contribution in [-0.2, 0) is 4.79 Å². The van der Waals surface area contributed by atoms with Crippen molar-refractivity contribution in [1.29, 1.82) is 0 Å². The number of non-ortho nitro benzene ring substituents is 1. The molecule has 0 radical (unpaired) electrons. The van der Waals surface area contributed by atoms with E-state index in [2.05, 4.69) is 0 Å². The molecule has 0 fully saturated rings. The lowest BCUT2D eigenvalue weighted by Gasteiger charge is -2.09. The molecule has 2 aromatic carbocycles. The lowest BCUT2D eigenvalue weighted by atomic mass is 10.0. The van der Waals surface area contributed by atoms with Crippen LogP contribution in [-0.4, -0.2) is 23.1 Å². The Balaban J connectivity index is 2.47. The fourth-order valence-corrected chi connectivity index (χ4v) is 1.98. The van der Waals surface area contributed by atoms with Gasteiger partial charge in [-0.3, -0.25) is 10.1 Å². The first kappa shape index (κ1) is 15.2. The van der Waals surface area contributed by atoms with Crippen LogP contribution in [0.4, 0.5) is 5.69 Å². The Bertz CT molecular complexity index is 734. The Hall–Kier alpha value is -3.15. The van der Waals surface area contributed by atoms with Gasteiger partial charge in [-0.25, -0.2) is 4.79 Å². The summed E-state index contributed by atoms with van der Waals surface area (Å²) >= 11 is 0. The predicted octanol–water partition coefficient (Wildman–Crippen LogP) is 3.23. The maximum atomic E-state index is 11.5. The van der Waals surface area contributed by atoms with E-state index in [1.54, 1.807) is 24.3 Å². The zero-order chi connectivity index (χ0) is 16.1. The van der Waals surface area contributed by atoms with Crippen molar-refractivity contribution in [3.8, 4) is 5.75 Å². The fraction of sp³-hybridized carbons (Fsp3) is 0.0625. The molecule has 0 unspecified atom stereocenters. The number of hydrogen-bond acceptors (Lipinski definition) is 4. The summed E-state index contributed by atoms with van der Waals surface area (Å²) in [5.74, 6) is -0.666. The Morgan fingerprint density at radius 1 is 1.18 bits per heavy atom. The molecule has 6 nitrogen and oxygen atoms in total. The number of carboxylic acids is 1. The average molecular weight is 299 g/mol. The molecular weight excluding hydrogens is 286 g/mol. The van der Waals surface area contributed by atoms with E-state index in [4.69, 9.17) is 4.74 Å². The van der Waals surface area contributed by atoms with Crippen LogP contribution in [0.25, 0.3) is 11.6 Å². The number of nitro groups is 1. The minimum absolute atomic E-state index is 0.0475. The number of carboxylic acid groups (broad SMARTS) is 1. The molecule has 0 aliphatic heterocycles. The number of ether oxygens (including phenoxy) is 1. The summed E-state index contributed by atoms with van der Waals surface area (Å²) in [6, 6.07) is 12.4. The molecule has 1 N–H and O–H groups in total. The van der Waals surface area contributed by atoms with Crippen molar-refractivity contribution in [3.63, 3.8) is 0 Å². The van der Waals surface area contributed by atoms with E-state index in [9.17, 15) is 20.0 Å². The highest BCUT2D eigenvalue weighted by Crippen LogP contribution is 2.28. The molecule has 0 spiro atoms. The summed E-state index contributed by atoms with van der Waals surface area (Å²) in [6.07, 6.45) is 1.45. The molecular formula is C16H13NO5. The first-order chi connectivity index (χ1) is 10.5. The van der Waals surface area contributed by atoms with Crippen molar-refractivity contribution in [3.05, 3.63) is 69.8 Å². The second-order valence-electron chi connectivity index (χ2n) is 4.41. The summed E-state index contributed by atoms with van der Waals surface area (Å²) in [5.41, 5.74) is 0.988. The fourth-order valence-electron chi connectivity index (χ4n) is 1.98. The molecule has 0 amide bonds. The van der Waals surface area contributed by atoms with E-state index in [1.165, 1.54) is 37.5 Å². The smallest absolute Gasteiger partial charge is 0.336 e. The Morgan fingerprint density at radius 2 is 1.82 bits per heavy atom. The van der Waals surface area contributed by atoms with Crippen LogP contribution in [0.1, 0.15) is 11.1 Å². The topological polar surface area (TPSA) is 89.7 Å². The maximum Gasteiger partial charge on any atom is 0.336 e. The second-order valence-corrected chi connectivity index (χ2v) is 4.41. The van der Waals surface area contributed by atoms with Crippen LogP contribution in [0.15, 0.2) is 48.5 Å². The highest BCUT2D eigenvalue weighted by Gasteiger charge is 2.15. The van der Waals surface area contributed by atoms with E-state index < -0.39 is 10.9 Å². The molecule has 0 saturated carbocycles.